The lowest BCUT2D eigenvalue weighted by Crippen LogP contribution is -2.27. The van der Waals surface area contributed by atoms with Crippen LogP contribution in [0.2, 0.25) is 5.02 Å². The Balaban J connectivity index is 2.90. The van der Waals surface area contributed by atoms with Gasteiger partial charge in [0.15, 0.2) is 0 Å². The quantitative estimate of drug-likeness (QED) is 0.652. The molecule has 106 valence electrons. The van der Waals surface area contributed by atoms with E-state index in [1.165, 1.54) is 6.07 Å². The van der Waals surface area contributed by atoms with Crippen LogP contribution in [0.5, 0.6) is 0 Å². The summed E-state index contributed by atoms with van der Waals surface area (Å²) in [7, 11) is 3.15. The van der Waals surface area contributed by atoms with Gasteiger partial charge in [0.25, 0.3) is 5.91 Å². The van der Waals surface area contributed by atoms with Gasteiger partial charge >= 0.3 is 0 Å². The van der Waals surface area contributed by atoms with Gasteiger partial charge in [-0.3, -0.25) is 4.79 Å². The van der Waals surface area contributed by atoms with Crippen molar-refractivity contribution in [2.75, 3.05) is 38.4 Å². The van der Waals surface area contributed by atoms with Crippen LogP contribution in [0, 0.1) is 0 Å². The van der Waals surface area contributed by atoms with Gasteiger partial charge in [0, 0.05) is 26.5 Å². The Morgan fingerprint density at radius 1 is 1.47 bits per heavy atom. The zero-order chi connectivity index (χ0) is 14.4. The monoisotopic (exact) mass is 287 g/mol. The normalized spacial score (nSPS) is 12.2. The fourth-order valence-electron chi connectivity index (χ4n) is 1.61. The van der Waals surface area contributed by atoms with Gasteiger partial charge in [-0.1, -0.05) is 11.6 Å². The smallest absolute Gasteiger partial charge is 0.250 e. The molecular formula is C12H18ClN3O3. The van der Waals surface area contributed by atoms with Crippen LogP contribution in [0.25, 0.3) is 0 Å². The number of ether oxygens (including phenoxy) is 2. The molecule has 0 aliphatic rings. The van der Waals surface area contributed by atoms with E-state index < -0.39 is 5.91 Å². The molecule has 0 bridgehead atoms. The maximum Gasteiger partial charge on any atom is 0.250 e. The van der Waals surface area contributed by atoms with E-state index in [9.17, 15) is 4.79 Å². The first-order valence-corrected chi connectivity index (χ1v) is 6.01. The number of carbonyl (C=O) groups excluding carboxylic acids is 1. The molecule has 0 saturated carbocycles. The fourth-order valence-corrected chi connectivity index (χ4v) is 1.91. The number of hydrogen-bond donors (Lipinski definition) is 3. The van der Waals surface area contributed by atoms with Crippen LogP contribution in [0.15, 0.2) is 12.1 Å². The number of nitrogen functional groups attached to an aromatic ring is 1. The van der Waals surface area contributed by atoms with E-state index >= 15 is 0 Å². The molecule has 0 aliphatic carbocycles. The second-order valence-electron chi connectivity index (χ2n) is 3.98. The summed E-state index contributed by atoms with van der Waals surface area (Å²) in [4.78, 5) is 11.4. The minimum absolute atomic E-state index is 0.167. The number of hydrogen-bond acceptors (Lipinski definition) is 5. The molecule has 6 nitrogen and oxygen atoms in total. The molecule has 0 fully saturated rings. The molecule has 0 radical (unpaired) electrons. The molecule has 1 aromatic rings. The van der Waals surface area contributed by atoms with Crippen LogP contribution in [0.4, 0.5) is 11.4 Å². The molecule has 1 aromatic carbocycles. The summed E-state index contributed by atoms with van der Waals surface area (Å²) >= 11 is 6.06. The molecule has 1 amide bonds. The van der Waals surface area contributed by atoms with Crippen molar-refractivity contribution in [3.63, 3.8) is 0 Å². The number of anilines is 2. The summed E-state index contributed by atoms with van der Waals surface area (Å²) in [5, 5.41) is 3.37. The number of nitrogens with two attached hydrogens (primary N) is 2. The summed E-state index contributed by atoms with van der Waals surface area (Å²) in [6, 6.07) is 3.03. The lowest BCUT2D eigenvalue weighted by molar-refractivity contribution is 0.0365. The number of benzene rings is 1. The number of amides is 1. The molecule has 1 rings (SSSR count). The first-order chi connectivity index (χ1) is 8.99. The standard InChI is InChI=1S/C12H18ClN3O3/c1-18-6-8(19-2)5-16-11-9(12(15)17)3-7(14)4-10(11)13/h3-4,8,16H,5-6,14H2,1-2H3,(H2,15,17). The Morgan fingerprint density at radius 3 is 2.68 bits per heavy atom. The van der Waals surface area contributed by atoms with Gasteiger partial charge in [-0.05, 0) is 12.1 Å². The number of halogens is 1. The third kappa shape index (κ3) is 4.27. The predicted molar refractivity (Wildman–Crippen MR) is 75.5 cm³/mol. The van der Waals surface area contributed by atoms with Crippen molar-refractivity contribution >= 4 is 28.9 Å². The van der Waals surface area contributed by atoms with Crippen LogP contribution >= 0.6 is 11.6 Å². The average molecular weight is 288 g/mol. The number of carbonyl (C=O) groups is 1. The third-order valence-electron chi connectivity index (χ3n) is 2.57. The van der Waals surface area contributed by atoms with Crippen molar-refractivity contribution < 1.29 is 14.3 Å². The SMILES string of the molecule is COCC(CNc1c(Cl)cc(N)cc1C(N)=O)OC. The lowest BCUT2D eigenvalue weighted by atomic mass is 10.1. The molecule has 7 heteroatoms. The Hall–Kier alpha value is -1.50. The van der Waals surface area contributed by atoms with Crippen molar-refractivity contribution in [1.29, 1.82) is 0 Å². The molecule has 0 aromatic heterocycles. The first kappa shape index (κ1) is 15.6. The maximum atomic E-state index is 11.4. The van der Waals surface area contributed by atoms with E-state index in [-0.39, 0.29) is 11.7 Å². The van der Waals surface area contributed by atoms with E-state index in [2.05, 4.69) is 5.32 Å². The molecule has 1 atom stereocenters. The van der Waals surface area contributed by atoms with Crippen LogP contribution in [-0.4, -0.2) is 39.4 Å². The maximum absolute atomic E-state index is 11.4. The molecule has 0 saturated heterocycles. The minimum atomic E-state index is -0.600. The van der Waals surface area contributed by atoms with E-state index in [0.717, 1.165) is 0 Å². The highest BCUT2D eigenvalue weighted by Gasteiger charge is 2.15. The Bertz CT molecular complexity index is 454. The van der Waals surface area contributed by atoms with Crippen molar-refractivity contribution in [2.45, 2.75) is 6.10 Å². The number of nitrogens with one attached hydrogen (secondary N) is 1. The predicted octanol–water partition coefficient (Wildman–Crippen LogP) is 1.09. The van der Waals surface area contributed by atoms with Gasteiger partial charge in [-0.25, -0.2) is 0 Å². The summed E-state index contributed by atoms with van der Waals surface area (Å²) < 4.78 is 10.2. The molecule has 5 N–H and O–H groups in total. The van der Waals surface area contributed by atoms with Crippen molar-refractivity contribution in [2.24, 2.45) is 5.73 Å². The summed E-state index contributed by atoms with van der Waals surface area (Å²) in [5.74, 6) is -0.600. The van der Waals surface area contributed by atoms with Gasteiger partial charge in [0.1, 0.15) is 0 Å². The van der Waals surface area contributed by atoms with E-state index in [1.54, 1.807) is 20.3 Å². The van der Waals surface area contributed by atoms with Gasteiger partial charge < -0.3 is 26.3 Å². The van der Waals surface area contributed by atoms with Crippen LogP contribution in [0.3, 0.4) is 0 Å². The molecule has 1 unspecified atom stereocenters. The highest BCUT2D eigenvalue weighted by molar-refractivity contribution is 6.34. The molecule has 19 heavy (non-hydrogen) atoms. The second kappa shape index (κ2) is 7.18. The Kier molecular flexibility index (Phi) is 5.88. The van der Waals surface area contributed by atoms with Crippen molar-refractivity contribution in [1.82, 2.24) is 0 Å². The molecule has 0 heterocycles. The molecule has 0 spiro atoms. The zero-order valence-electron chi connectivity index (χ0n) is 10.9. The van der Waals surface area contributed by atoms with Crippen LogP contribution in [-0.2, 0) is 9.47 Å². The number of rotatable bonds is 7. The fraction of sp³-hybridized carbons (Fsp3) is 0.417. The third-order valence-corrected chi connectivity index (χ3v) is 2.87. The van der Waals surface area contributed by atoms with E-state index in [1.807, 2.05) is 0 Å². The minimum Gasteiger partial charge on any atom is -0.399 e. The summed E-state index contributed by atoms with van der Waals surface area (Å²) in [6.45, 7) is 0.844. The number of primary amides is 1. The van der Waals surface area contributed by atoms with E-state index in [0.29, 0.717) is 29.5 Å². The van der Waals surface area contributed by atoms with Gasteiger partial charge in [-0.2, -0.15) is 0 Å². The Labute approximate surface area is 117 Å². The van der Waals surface area contributed by atoms with Gasteiger partial charge in [0.05, 0.1) is 29.0 Å². The lowest BCUT2D eigenvalue weighted by Gasteiger charge is -2.18. The molecule has 0 aliphatic heterocycles. The van der Waals surface area contributed by atoms with Crippen molar-refractivity contribution in [3.8, 4) is 0 Å². The zero-order valence-corrected chi connectivity index (χ0v) is 11.7. The summed E-state index contributed by atoms with van der Waals surface area (Å²) in [5.41, 5.74) is 12.0. The van der Waals surface area contributed by atoms with Crippen molar-refractivity contribution in [3.05, 3.63) is 22.7 Å². The second-order valence-corrected chi connectivity index (χ2v) is 4.39. The number of methoxy groups -OCH3 is 2. The highest BCUT2D eigenvalue weighted by atomic mass is 35.5. The summed E-state index contributed by atoms with van der Waals surface area (Å²) in [6.07, 6.45) is -0.167. The first-order valence-electron chi connectivity index (χ1n) is 5.64. The Morgan fingerprint density at radius 2 is 2.16 bits per heavy atom. The van der Waals surface area contributed by atoms with Crippen LogP contribution < -0.4 is 16.8 Å². The van der Waals surface area contributed by atoms with E-state index in [4.69, 9.17) is 32.5 Å². The van der Waals surface area contributed by atoms with Gasteiger partial charge in [0.2, 0.25) is 0 Å². The van der Waals surface area contributed by atoms with Gasteiger partial charge in [-0.15, -0.1) is 0 Å². The molecular weight excluding hydrogens is 270 g/mol. The average Bonchev–Trinajstić information content (AvgIpc) is 2.35. The largest absolute Gasteiger partial charge is 0.399 e. The van der Waals surface area contributed by atoms with Crippen LogP contribution in [0.1, 0.15) is 10.4 Å². The topological polar surface area (TPSA) is 99.6 Å². The highest BCUT2D eigenvalue weighted by Crippen LogP contribution is 2.29.